The summed E-state index contributed by atoms with van der Waals surface area (Å²) in [5.74, 6) is -0.228. The minimum Gasteiger partial charge on any atom is -0.320 e. The molecule has 1 amide bonds. The van der Waals surface area contributed by atoms with Gasteiger partial charge in [0, 0.05) is 10.0 Å². The van der Waals surface area contributed by atoms with Crippen LogP contribution in [0.15, 0.2) is 40.9 Å². The summed E-state index contributed by atoms with van der Waals surface area (Å²) < 4.78 is 0.678. The van der Waals surface area contributed by atoms with Gasteiger partial charge in [-0.3, -0.25) is 4.79 Å². The molecule has 0 radical (unpaired) electrons. The van der Waals surface area contributed by atoms with Crippen LogP contribution in [0.5, 0.6) is 0 Å². The first kappa shape index (κ1) is 14.4. The summed E-state index contributed by atoms with van der Waals surface area (Å²) in [7, 11) is 0. The molecule has 5 heteroatoms. The fourth-order valence-corrected chi connectivity index (χ4v) is 2.38. The summed E-state index contributed by atoms with van der Waals surface area (Å²) in [6.45, 7) is 1.89. The molecule has 98 valence electrons. The van der Waals surface area contributed by atoms with Crippen molar-refractivity contribution in [3.63, 3.8) is 0 Å². The van der Waals surface area contributed by atoms with E-state index in [1.54, 1.807) is 24.3 Å². The number of hydrogen-bond donors (Lipinski definition) is 1. The maximum Gasteiger partial charge on any atom is 0.255 e. The van der Waals surface area contributed by atoms with Crippen LogP contribution in [0.2, 0.25) is 10.0 Å². The highest BCUT2D eigenvalue weighted by Crippen LogP contribution is 2.27. The monoisotopic (exact) mass is 357 g/mol. The molecule has 0 bridgehead atoms. The predicted octanol–water partition coefficient (Wildman–Crippen LogP) is 5.32. The average Bonchev–Trinajstić information content (AvgIpc) is 2.37. The molecule has 0 spiro atoms. The van der Waals surface area contributed by atoms with Crippen molar-refractivity contribution in [3.05, 3.63) is 62.0 Å². The van der Waals surface area contributed by atoms with Crippen LogP contribution in [0.4, 0.5) is 5.69 Å². The summed E-state index contributed by atoms with van der Waals surface area (Å²) in [6.07, 6.45) is 0. The SMILES string of the molecule is Cc1cccc(Cl)c1NC(=O)c1ccc(Cl)c(Br)c1. The lowest BCUT2D eigenvalue weighted by Gasteiger charge is -2.10. The molecule has 19 heavy (non-hydrogen) atoms. The van der Waals surface area contributed by atoms with Crippen LogP contribution < -0.4 is 5.32 Å². The number of anilines is 1. The lowest BCUT2D eigenvalue weighted by Crippen LogP contribution is -2.13. The van der Waals surface area contributed by atoms with Crippen molar-refractivity contribution in [1.82, 2.24) is 0 Å². The summed E-state index contributed by atoms with van der Waals surface area (Å²) in [5, 5.41) is 3.88. The molecule has 2 nitrogen and oxygen atoms in total. The van der Waals surface area contributed by atoms with E-state index in [-0.39, 0.29) is 5.91 Å². The second kappa shape index (κ2) is 5.95. The van der Waals surface area contributed by atoms with Crippen molar-refractivity contribution < 1.29 is 4.79 Å². The third kappa shape index (κ3) is 3.30. The molecule has 0 saturated carbocycles. The van der Waals surface area contributed by atoms with Gasteiger partial charge in [0.15, 0.2) is 0 Å². The highest BCUT2D eigenvalue weighted by Gasteiger charge is 2.11. The van der Waals surface area contributed by atoms with E-state index < -0.39 is 0 Å². The van der Waals surface area contributed by atoms with Gasteiger partial charge in [0.1, 0.15) is 0 Å². The number of hydrogen-bond acceptors (Lipinski definition) is 1. The first-order valence-corrected chi connectivity index (χ1v) is 7.05. The van der Waals surface area contributed by atoms with Crippen molar-refractivity contribution in [2.24, 2.45) is 0 Å². The Kier molecular flexibility index (Phi) is 4.50. The number of amides is 1. The number of nitrogens with one attached hydrogen (secondary N) is 1. The minimum absolute atomic E-state index is 0.228. The minimum atomic E-state index is -0.228. The quantitative estimate of drug-likeness (QED) is 0.773. The Morgan fingerprint density at radius 3 is 2.53 bits per heavy atom. The maximum atomic E-state index is 12.1. The maximum absolute atomic E-state index is 12.1. The van der Waals surface area contributed by atoms with E-state index >= 15 is 0 Å². The van der Waals surface area contributed by atoms with E-state index in [1.165, 1.54) is 0 Å². The summed E-state index contributed by atoms with van der Waals surface area (Å²) in [4.78, 5) is 12.1. The molecule has 0 unspecified atom stereocenters. The van der Waals surface area contributed by atoms with Gasteiger partial charge in [0.05, 0.1) is 15.7 Å². The van der Waals surface area contributed by atoms with Crippen molar-refractivity contribution in [1.29, 1.82) is 0 Å². The number of carbonyl (C=O) groups is 1. The smallest absolute Gasteiger partial charge is 0.255 e. The standard InChI is InChI=1S/C14H10BrCl2NO/c1-8-3-2-4-12(17)13(8)18-14(19)9-5-6-11(16)10(15)7-9/h2-7H,1H3,(H,18,19). The van der Waals surface area contributed by atoms with Gasteiger partial charge in [-0.15, -0.1) is 0 Å². The van der Waals surface area contributed by atoms with E-state index in [2.05, 4.69) is 21.2 Å². The number of benzene rings is 2. The zero-order chi connectivity index (χ0) is 14.0. The molecular weight excluding hydrogens is 349 g/mol. The molecule has 2 aromatic rings. The van der Waals surface area contributed by atoms with Crippen molar-refractivity contribution in [2.45, 2.75) is 6.92 Å². The zero-order valence-electron chi connectivity index (χ0n) is 10.0. The lowest BCUT2D eigenvalue weighted by atomic mass is 10.1. The van der Waals surface area contributed by atoms with Crippen LogP contribution >= 0.6 is 39.1 Å². The van der Waals surface area contributed by atoms with Gasteiger partial charge in [-0.1, -0.05) is 35.3 Å². The largest absolute Gasteiger partial charge is 0.320 e. The molecule has 0 atom stereocenters. The Hall–Kier alpha value is -1.03. The van der Waals surface area contributed by atoms with E-state index in [0.717, 1.165) is 5.56 Å². The molecule has 0 aliphatic heterocycles. The molecule has 1 N–H and O–H groups in total. The second-order valence-electron chi connectivity index (χ2n) is 4.01. The fraction of sp³-hybridized carbons (Fsp3) is 0.0714. The Morgan fingerprint density at radius 1 is 1.16 bits per heavy atom. The molecule has 0 aliphatic rings. The van der Waals surface area contributed by atoms with Gasteiger partial charge in [0.25, 0.3) is 5.91 Å². The van der Waals surface area contributed by atoms with Gasteiger partial charge in [-0.05, 0) is 52.7 Å². The van der Waals surface area contributed by atoms with Gasteiger partial charge in [0.2, 0.25) is 0 Å². The third-order valence-corrected chi connectivity index (χ3v) is 4.17. The molecule has 0 fully saturated rings. The van der Waals surface area contributed by atoms with Crippen molar-refractivity contribution in [3.8, 4) is 0 Å². The van der Waals surface area contributed by atoms with Gasteiger partial charge in [-0.2, -0.15) is 0 Å². The number of rotatable bonds is 2. The number of carbonyl (C=O) groups excluding carboxylic acids is 1. The number of para-hydroxylation sites is 1. The Balaban J connectivity index is 2.28. The lowest BCUT2D eigenvalue weighted by molar-refractivity contribution is 0.102. The van der Waals surface area contributed by atoms with E-state index in [4.69, 9.17) is 23.2 Å². The van der Waals surface area contributed by atoms with Crippen LogP contribution in [0.25, 0.3) is 0 Å². The Labute approximate surface area is 129 Å². The molecule has 0 heterocycles. The normalized spacial score (nSPS) is 10.3. The zero-order valence-corrected chi connectivity index (χ0v) is 13.1. The van der Waals surface area contributed by atoms with Crippen LogP contribution in [-0.4, -0.2) is 5.91 Å². The fourth-order valence-electron chi connectivity index (χ4n) is 1.61. The Morgan fingerprint density at radius 2 is 1.89 bits per heavy atom. The number of aryl methyl sites for hydroxylation is 1. The van der Waals surface area contributed by atoms with Crippen molar-refractivity contribution >= 4 is 50.7 Å². The van der Waals surface area contributed by atoms with Crippen LogP contribution in [-0.2, 0) is 0 Å². The predicted molar refractivity (Wildman–Crippen MR) is 83.3 cm³/mol. The van der Waals surface area contributed by atoms with E-state index in [0.29, 0.717) is 25.8 Å². The number of halogens is 3. The second-order valence-corrected chi connectivity index (χ2v) is 5.68. The molecule has 2 aromatic carbocycles. The molecule has 0 saturated heterocycles. The highest BCUT2D eigenvalue weighted by atomic mass is 79.9. The molecular formula is C14H10BrCl2NO. The topological polar surface area (TPSA) is 29.1 Å². The molecule has 0 aromatic heterocycles. The Bertz CT molecular complexity index is 623. The van der Waals surface area contributed by atoms with Crippen LogP contribution in [0.3, 0.4) is 0 Å². The summed E-state index contributed by atoms with van der Waals surface area (Å²) in [5.41, 5.74) is 2.05. The first-order valence-electron chi connectivity index (χ1n) is 5.50. The molecule has 2 rings (SSSR count). The van der Waals surface area contributed by atoms with Gasteiger partial charge >= 0.3 is 0 Å². The first-order chi connectivity index (χ1) is 8.99. The average molecular weight is 359 g/mol. The van der Waals surface area contributed by atoms with E-state index in [1.807, 2.05) is 19.1 Å². The third-order valence-electron chi connectivity index (χ3n) is 2.64. The highest BCUT2D eigenvalue weighted by molar-refractivity contribution is 9.10. The summed E-state index contributed by atoms with van der Waals surface area (Å²) >= 11 is 15.3. The van der Waals surface area contributed by atoms with E-state index in [9.17, 15) is 4.79 Å². The molecule has 0 aliphatic carbocycles. The van der Waals surface area contributed by atoms with Crippen molar-refractivity contribution in [2.75, 3.05) is 5.32 Å². The van der Waals surface area contributed by atoms with Crippen LogP contribution in [0.1, 0.15) is 15.9 Å². The van der Waals surface area contributed by atoms with Gasteiger partial charge in [-0.25, -0.2) is 0 Å². The van der Waals surface area contributed by atoms with Crippen LogP contribution in [0, 0.1) is 6.92 Å². The van der Waals surface area contributed by atoms with Gasteiger partial charge < -0.3 is 5.32 Å². The summed E-state index contributed by atoms with van der Waals surface area (Å²) in [6, 6.07) is 10.5.